The van der Waals surface area contributed by atoms with Gasteiger partial charge in [-0.2, -0.15) is 5.26 Å². The molecule has 0 aliphatic rings. The third-order valence-electron chi connectivity index (χ3n) is 5.63. The number of imidazole rings is 1. The van der Waals surface area contributed by atoms with E-state index < -0.39 is 5.41 Å². The van der Waals surface area contributed by atoms with Crippen molar-refractivity contribution < 1.29 is 4.74 Å². The van der Waals surface area contributed by atoms with E-state index >= 15 is 0 Å². The Morgan fingerprint density at radius 1 is 0.969 bits per heavy atom. The van der Waals surface area contributed by atoms with Crippen molar-refractivity contribution in [1.29, 1.82) is 5.26 Å². The molecule has 0 saturated carbocycles. The van der Waals surface area contributed by atoms with Gasteiger partial charge < -0.3 is 9.30 Å². The lowest BCUT2D eigenvalue weighted by atomic mass is 9.86. The van der Waals surface area contributed by atoms with Gasteiger partial charge in [0.05, 0.1) is 30.0 Å². The number of aromatic nitrogens is 3. The second-order valence-corrected chi connectivity index (χ2v) is 8.22. The summed E-state index contributed by atoms with van der Waals surface area (Å²) in [5, 5.41) is 9.40. The van der Waals surface area contributed by atoms with Crippen LogP contribution in [0.1, 0.15) is 19.4 Å². The van der Waals surface area contributed by atoms with E-state index in [-0.39, 0.29) is 5.69 Å². The topological polar surface area (TPSA) is 72.8 Å². The lowest BCUT2D eigenvalue weighted by Crippen LogP contribution is -2.21. The average molecular weight is 425 g/mol. The van der Waals surface area contributed by atoms with Crippen molar-refractivity contribution in [2.24, 2.45) is 7.05 Å². The average Bonchev–Trinajstić information content (AvgIpc) is 3.13. The van der Waals surface area contributed by atoms with Gasteiger partial charge >= 0.3 is 5.69 Å². The second kappa shape index (κ2) is 8.20. The summed E-state index contributed by atoms with van der Waals surface area (Å²) in [6.07, 6.45) is 5.37. The summed E-state index contributed by atoms with van der Waals surface area (Å²) in [5.41, 5.74) is 4.41. The van der Waals surface area contributed by atoms with Crippen molar-refractivity contribution in [2.45, 2.75) is 19.3 Å². The van der Waals surface area contributed by atoms with Gasteiger partial charge in [0, 0.05) is 36.8 Å². The summed E-state index contributed by atoms with van der Waals surface area (Å²) in [4.78, 5) is 17.4. The Morgan fingerprint density at radius 2 is 1.62 bits per heavy atom. The minimum Gasteiger partial charge on any atom is -0.497 e. The summed E-state index contributed by atoms with van der Waals surface area (Å²) in [7, 11) is 3.37. The van der Waals surface area contributed by atoms with Gasteiger partial charge in [0.15, 0.2) is 0 Å². The fourth-order valence-electron chi connectivity index (χ4n) is 3.62. The lowest BCUT2D eigenvalue weighted by molar-refractivity contribution is 0.415. The van der Waals surface area contributed by atoms with Gasteiger partial charge in [-0.25, -0.2) is 4.79 Å². The SMILES string of the molecule is COc1ccc(-c2cncc(-c3cn(C)c(=O)n3-c3ccc(C(C)(C)C#N)cc3)c2)cc1. The Hall–Kier alpha value is -4.11. The Labute approximate surface area is 187 Å². The smallest absolute Gasteiger partial charge is 0.332 e. The minimum absolute atomic E-state index is 0.151. The molecular weight excluding hydrogens is 400 g/mol. The highest BCUT2D eigenvalue weighted by atomic mass is 16.5. The standard InChI is InChI=1S/C26H24N4O2/c1-26(2,17-27)21-7-9-22(10-8-21)30-24(16-29(3)25(30)31)20-13-19(14-28-15-20)18-5-11-23(32-4)12-6-18/h5-16H,1-4H3. The van der Waals surface area contributed by atoms with E-state index in [2.05, 4.69) is 11.1 Å². The molecule has 4 aromatic rings. The number of ether oxygens (including phenoxy) is 1. The van der Waals surface area contributed by atoms with Gasteiger partial charge in [0.1, 0.15) is 5.75 Å². The van der Waals surface area contributed by atoms with E-state index in [9.17, 15) is 10.1 Å². The molecule has 0 fully saturated rings. The number of aryl methyl sites for hydroxylation is 1. The number of nitriles is 1. The number of rotatable bonds is 5. The van der Waals surface area contributed by atoms with Crippen LogP contribution in [0.5, 0.6) is 5.75 Å². The molecule has 0 radical (unpaired) electrons. The number of pyridine rings is 1. The molecule has 32 heavy (non-hydrogen) atoms. The highest BCUT2D eigenvalue weighted by molar-refractivity contribution is 5.71. The molecule has 2 aromatic carbocycles. The molecule has 2 heterocycles. The van der Waals surface area contributed by atoms with Gasteiger partial charge in [-0.1, -0.05) is 24.3 Å². The normalized spacial score (nSPS) is 11.2. The van der Waals surface area contributed by atoms with Crippen LogP contribution in [0.2, 0.25) is 0 Å². The molecule has 0 atom stereocenters. The Morgan fingerprint density at radius 3 is 2.25 bits per heavy atom. The maximum atomic E-state index is 13.0. The van der Waals surface area contributed by atoms with Crippen molar-refractivity contribution in [3.05, 3.63) is 89.2 Å². The first-order valence-corrected chi connectivity index (χ1v) is 10.2. The van der Waals surface area contributed by atoms with Crippen molar-refractivity contribution in [1.82, 2.24) is 14.1 Å². The first-order chi connectivity index (χ1) is 15.3. The molecule has 0 spiro atoms. The largest absolute Gasteiger partial charge is 0.497 e. The molecule has 0 aliphatic heterocycles. The van der Waals surface area contributed by atoms with Gasteiger partial charge in [-0.15, -0.1) is 0 Å². The van der Waals surface area contributed by atoms with Crippen LogP contribution >= 0.6 is 0 Å². The molecule has 0 unspecified atom stereocenters. The van der Waals surface area contributed by atoms with Crippen LogP contribution in [0, 0.1) is 11.3 Å². The fourth-order valence-corrected chi connectivity index (χ4v) is 3.62. The zero-order valence-electron chi connectivity index (χ0n) is 18.5. The first kappa shape index (κ1) is 21.1. The van der Waals surface area contributed by atoms with Crippen molar-refractivity contribution in [3.63, 3.8) is 0 Å². The molecule has 2 aromatic heterocycles. The molecule has 6 nitrogen and oxygen atoms in total. The summed E-state index contributed by atoms with van der Waals surface area (Å²) in [5.74, 6) is 0.790. The zero-order valence-corrected chi connectivity index (χ0v) is 18.5. The molecule has 0 aliphatic carbocycles. The van der Waals surface area contributed by atoms with Crippen molar-refractivity contribution in [3.8, 4) is 39.9 Å². The van der Waals surface area contributed by atoms with Crippen molar-refractivity contribution >= 4 is 0 Å². The monoisotopic (exact) mass is 424 g/mol. The predicted molar refractivity (Wildman–Crippen MR) is 125 cm³/mol. The Bertz CT molecular complexity index is 1350. The van der Waals surface area contributed by atoms with Gasteiger partial charge in [0.25, 0.3) is 0 Å². The third-order valence-corrected chi connectivity index (χ3v) is 5.63. The van der Waals surface area contributed by atoms with Crippen LogP contribution in [0.4, 0.5) is 0 Å². The summed E-state index contributed by atoms with van der Waals surface area (Å²) in [6.45, 7) is 3.75. The predicted octanol–water partition coefficient (Wildman–Crippen LogP) is 4.71. The van der Waals surface area contributed by atoms with Crippen LogP contribution in [0.3, 0.4) is 0 Å². The Kier molecular flexibility index (Phi) is 5.41. The molecular formula is C26H24N4O2. The highest BCUT2D eigenvalue weighted by Gasteiger charge is 2.20. The van der Waals surface area contributed by atoms with E-state index in [1.807, 2.05) is 74.6 Å². The molecule has 0 saturated heterocycles. The third kappa shape index (κ3) is 3.81. The van der Waals surface area contributed by atoms with E-state index in [0.717, 1.165) is 39.4 Å². The molecule has 0 bridgehead atoms. The Balaban J connectivity index is 1.79. The molecule has 160 valence electrons. The van der Waals surface area contributed by atoms with E-state index in [4.69, 9.17) is 4.74 Å². The summed E-state index contributed by atoms with van der Waals surface area (Å²) < 4.78 is 8.46. The van der Waals surface area contributed by atoms with Crippen LogP contribution in [0.15, 0.2) is 78.0 Å². The maximum absolute atomic E-state index is 13.0. The quantitative estimate of drug-likeness (QED) is 0.465. The van der Waals surface area contributed by atoms with E-state index in [0.29, 0.717) is 0 Å². The van der Waals surface area contributed by atoms with Crippen LogP contribution in [-0.2, 0) is 12.5 Å². The number of hydrogen-bond acceptors (Lipinski definition) is 4. The number of benzene rings is 2. The van der Waals surface area contributed by atoms with E-state index in [1.165, 1.54) is 0 Å². The molecule has 4 rings (SSSR count). The second-order valence-electron chi connectivity index (χ2n) is 8.22. The van der Waals surface area contributed by atoms with Gasteiger partial charge in [-0.3, -0.25) is 9.55 Å². The summed E-state index contributed by atoms with van der Waals surface area (Å²) >= 11 is 0. The number of nitrogens with zero attached hydrogens (tertiary/aromatic N) is 4. The first-order valence-electron chi connectivity index (χ1n) is 10.2. The number of methoxy groups -OCH3 is 1. The fraction of sp³-hybridized carbons (Fsp3) is 0.192. The molecule has 0 amide bonds. The maximum Gasteiger partial charge on any atom is 0.332 e. The minimum atomic E-state index is -0.598. The van der Waals surface area contributed by atoms with Crippen molar-refractivity contribution in [2.75, 3.05) is 7.11 Å². The van der Waals surface area contributed by atoms with Crippen LogP contribution in [-0.4, -0.2) is 21.2 Å². The van der Waals surface area contributed by atoms with Crippen LogP contribution < -0.4 is 10.4 Å². The van der Waals surface area contributed by atoms with E-state index in [1.54, 1.807) is 35.7 Å². The zero-order chi connectivity index (χ0) is 22.9. The summed E-state index contributed by atoms with van der Waals surface area (Å²) in [6, 6.07) is 19.6. The van der Waals surface area contributed by atoms with Crippen LogP contribution in [0.25, 0.3) is 28.1 Å². The highest BCUT2D eigenvalue weighted by Crippen LogP contribution is 2.28. The molecule has 0 N–H and O–H groups in total. The molecule has 6 heteroatoms. The van der Waals surface area contributed by atoms with Gasteiger partial charge in [0.2, 0.25) is 0 Å². The number of hydrogen-bond donors (Lipinski definition) is 0. The lowest BCUT2D eigenvalue weighted by Gasteiger charge is -2.16. The van der Waals surface area contributed by atoms with Gasteiger partial charge in [-0.05, 0) is 55.3 Å².